The van der Waals surface area contributed by atoms with E-state index < -0.39 is 0 Å². The van der Waals surface area contributed by atoms with Crippen LogP contribution in [0.1, 0.15) is 38.5 Å². The highest BCUT2D eigenvalue weighted by atomic mass is 32.2. The third kappa shape index (κ3) is 4.27. The summed E-state index contributed by atoms with van der Waals surface area (Å²) in [5.41, 5.74) is 6.29. The van der Waals surface area contributed by atoms with Gasteiger partial charge in [0.2, 0.25) is 0 Å². The summed E-state index contributed by atoms with van der Waals surface area (Å²) < 4.78 is 5.39. The number of ether oxygens (including phenoxy) is 1. The van der Waals surface area contributed by atoms with E-state index >= 15 is 0 Å². The molecule has 2 fully saturated rings. The summed E-state index contributed by atoms with van der Waals surface area (Å²) in [4.78, 5) is 0. The molecule has 0 aromatic rings. The Morgan fingerprint density at radius 3 is 2.19 bits per heavy atom. The fourth-order valence-electron chi connectivity index (χ4n) is 2.92. The first kappa shape index (κ1) is 12.7. The second-order valence-electron chi connectivity index (χ2n) is 5.34. The van der Waals surface area contributed by atoms with E-state index in [1.807, 2.05) is 0 Å². The maximum Gasteiger partial charge on any atom is 0.0468 e. The van der Waals surface area contributed by atoms with Crippen LogP contribution in [-0.2, 0) is 4.74 Å². The van der Waals surface area contributed by atoms with E-state index in [2.05, 4.69) is 11.8 Å². The standard InChI is InChI=1S/C13H25NOS/c14-13(9-11-1-5-15-6-2-11)10-12-3-7-16-8-4-12/h11-13H,1-10,14H2. The highest BCUT2D eigenvalue weighted by Gasteiger charge is 2.21. The highest BCUT2D eigenvalue weighted by Crippen LogP contribution is 2.28. The van der Waals surface area contributed by atoms with Gasteiger partial charge in [-0.05, 0) is 61.9 Å². The summed E-state index contributed by atoms with van der Waals surface area (Å²) in [5, 5.41) is 0. The topological polar surface area (TPSA) is 35.2 Å². The highest BCUT2D eigenvalue weighted by molar-refractivity contribution is 7.99. The molecule has 0 amide bonds. The van der Waals surface area contributed by atoms with Crippen LogP contribution in [0.5, 0.6) is 0 Å². The zero-order chi connectivity index (χ0) is 11.2. The quantitative estimate of drug-likeness (QED) is 0.824. The molecule has 1 atom stereocenters. The van der Waals surface area contributed by atoms with Crippen molar-refractivity contribution in [2.45, 2.75) is 44.6 Å². The molecule has 3 heteroatoms. The molecule has 0 aliphatic carbocycles. The Balaban J connectivity index is 1.64. The minimum absolute atomic E-state index is 0.441. The SMILES string of the molecule is NC(CC1CCOCC1)CC1CCSCC1. The molecule has 0 saturated carbocycles. The Bertz CT molecular complexity index is 168. The Morgan fingerprint density at radius 2 is 1.56 bits per heavy atom. The van der Waals surface area contributed by atoms with Crippen molar-refractivity contribution in [1.29, 1.82) is 0 Å². The van der Waals surface area contributed by atoms with Crippen LogP contribution in [0.4, 0.5) is 0 Å². The van der Waals surface area contributed by atoms with Crippen molar-refractivity contribution in [1.82, 2.24) is 0 Å². The van der Waals surface area contributed by atoms with E-state index in [-0.39, 0.29) is 0 Å². The number of hydrogen-bond donors (Lipinski definition) is 1. The van der Waals surface area contributed by atoms with Crippen LogP contribution < -0.4 is 5.73 Å². The molecule has 94 valence electrons. The second-order valence-corrected chi connectivity index (χ2v) is 6.57. The first-order chi connectivity index (χ1) is 7.84. The van der Waals surface area contributed by atoms with E-state index in [1.54, 1.807) is 0 Å². The van der Waals surface area contributed by atoms with E-state index in [9.17, 15) is 0 Å². The summed E-state index contributed by atoms with van der Waals surface area (Å²) in [6.07, 6.45) is 7.74. The van der Waals surface area contributed by atoms with Gasteiger partial charge in [-0.15, -0.1) is 0 Å². The monoisotopic (exact) mass is 243 g/mol. The Morgan fingerprint density at radius 1 is 1.00 bits per heavy atom. The normalized spacial score (nSPS) is 26.8. The van der Waals surface area contributed by atoms with Gasteiger partial charge in [0.05, 0.1) is 0 Å². The molecular formula is C13H25NOS. The summed E-state index contributed by atoms with van der Waals surface area (Å²) in [5.74, 6) is 4.46. The van der Waals surface area contributed by atoms with Gasteiger partial charge in [-0.1, -0.05) is 0 Å². The van der Waals surface area contributed by atoms with E-state index in [4.69, 9.17) is 10.5 Å². The van der Waals surface area contributed by atoms with Gasteiger partial charge in [0.15, 0.2) is 0 Å². The van der Waals surface area contributed by atoms with E-state index in [1.165, 1.54) is 50.0 Å². The van der Waals surface area contributed by atoms with Gasteiger partial charge < -0.3 is 10.5 Å². The second kappa shape index (κ2) is 6.87. The molecule has 2 heterocycles. The maximum atomic E-state index is 6.29. The Kier molecular flexibility index (Phi) is 5.46. The molecule has 1 unspecified atom stereocenters. The van der Waals surface area contributed by atoms with Crippen molar-refractivity contribution < 1.29 is 4.74 Å². The van der Waals surface area contributed by atoms with E-state index in [0.29, 0.717) is 6.04 Å². The molecule has 2 saturated heterocycles. The summed E-state index contributed by atoms with van der Waals surface area (Å²) in [6, 6.07) is 0.441. The first-order valence-corrected chi connectivity index (χ1v) is 7.91. The van der Waals surface area contributed by atoms with Crippen LogP contribution >= 0.6 is 11.8 Å². The lowest BCUT2D eigenvalue weighted by molar-refractivity contribution is 0.0610. The fraction of sp³-hybridized carbons (Fsp3) is 1.00. The van der Waals surface area contributed by atoms with Crippen molar-refractivity contribution in [2.24, 2.45) is 17.6 Å². The lowest BCUT2D eigenvalue weighted by Gasteiger charge is -2.28. The van der Waals surface area contributed by atoms with Gasteiger partial charge in [0, 0.05) is 19.3 Å². The number of thioether (sulfide) groups is 1. The summed E-state index contributed by atoms with van der Waals surface area (Å²) in [7, 11) is 0. The molecule has 0 spiro atoms. The van der Waals surface area contributed by atoms with Gasteiger partial charge >= 0.3 is 0 Å². The zero-order valence-electron chi connectivity index (χ0n) is 10.2. The van der Waals surface area contributed by atoms with Gasteiger partial charge in [0.1, 0.15) is 0 Å². The van der Waals surface area contributed by atoms with Gasteiger partial charge in [-0.25, -0.2) is 0 Å². The first-order valence-electron chi connectivity index (χ1n) is 6.75. The molecule has 0 radical (unpaired) electrons. The van der Waals surface area contributed by atoms with Crippen LogP contribution in [0.3, 0.4) is 0 Å². The number of rotatable bonds is 4. The van der Waals surface area contributed by atoms with Crippen molar-refractivity contribution >= 4 is 11.8 Å². The third-order valence-electron chi connectivity index (χ3n) is 3.95. The predicted octanol–water partition coefficient (Wildman–Crippen LogP) is 2.66. The Hall–Kier alpha value is 0.270. The molecule has 2 aliphatic rings. The molecule has 0 aromatic carbocycles. The minimum Gasteiger partial charge on any atom is -0.381 e. The smallest absolute Gasteiger partial charge is 0.0468 e. The van der Waals surface area contributed by atoms with Crippen molar-refractivity contribution in [3.8, 4) is 0 Å². The molecule has 0 bridgehead atoms. The van der Waals surface area contributed by atoms with Gasteiger partial charge in [0.25, 0.3) is 0 Å². The number of nitrogens with two attached hydrogens (primary N) is 1. The molecule has 0 aromatic heterocycles. The molecule has 2 rings (SSSR count). The lowest BCUT2D eigenvalue weighted by Crippen LogP contribution is -2.30. The van der Waals surface area contributed by atoms with Crippen LogP contribution in [0.2, 0.25) is 0 Å². The minimum atomic E-state index is 0.441. The van der Waals surface area contributed by atoms with Crippen LogP contribution in [0, 0.1) is 11.8 Å². The zero-order valence-corrected chi connectivity index (χ0v) is 11.0. The van der Waals surface area contributed by atoms with Gasteiger partial charge in [-0.3, -0.25) is 0 Å². The third-order valence-corrected chi connectivity index (χ3v) is 5.00. The molecule has 2 aliphatic heterocycles. The number of hydrogen-bond acceptors (Lipinski definition) is 3. The van der Waals surface area contributed by atoms with Crippen molar-refractivity contribution in [3.63, 3.8) is 0 Å². The molecular weight excluding hydrogens is 218 g/mol. The van der Waals surface area contributed by atoms with Gasteiger partial charge in [-0.2, -0.15) is 11.8 Å². The molecule has 2 nitrogen and oxygen atoms in total. The average Bonchev–Trinajstić information content (AvgIpc) is 2.31. The Labute approximate surface area is 104 Å². The van der Waals surface area contributed by atoms with Crippen LogP contribution in [0.15, 0.2) is 0 Å². The predicted molar refractivity (Wildman–Crippen MR) is 70.8 cm³/mol. The average molecular weight is 243 g/mol. The lowest BCUT2D eigenvalue weighted by atomic mass is 9.87. The molecule has 16 heavy (non-hydrogen) atoms. The summed E-state index contributed by atoms with van der Waals surface area (Å²) >= 11 is 2.10. The van der Waals surface area contributed by atoms with Crippen molar-refractivity contribution in [3.05, 3.63) is 0 Å². The molecule has 2 N–H and O–H groups in total. The largest absolute Gasteiger partial charge is 0.381 e. The van der Waals surface area contributed by atoms with E-state index in [0.717, 1.165) is 25.0 Å². The maximum absolute atomic E-state index is 6.29. The van der Waals surface area contributed by atoms with Crippen LogP contribution in [0.25, 0.3) is 0 Å². The van der Waals surface area contributed by atoms with Crippen molar-refractivity contribution in [2.75, 3.05) is 24.7 Å². The summed E-state index contributed by atoms with van der Waals surface area (Å²) in [6.45, 7) is 1.91. The fourth-order valence-corrected chi connectivity index (χ4v) is 4.12. The van der Waals surface area contributed by atoms with Crippen LogP contribution in [-0.4, -0.2) is 30.8 Å².